The zero-order valence-corrected chi connectivity index (χ0v) is 9.10. The number of aromatic carboxylic acids is 1. The Morgan fingerprint density at radius 2 is 1.94 bits per heavy atom. The molecule has 0 heterocycles. The summed E-state index contributed by atoms with van der Waals surface area (Å²) in [5, 5.41) is 8.83. The molecule has 90 valence electrons. The topological polar surface area (TPSA) is 92.7 Å². The molecular formula is C11H11NO5. The van der Waals surface area contributed by atoms with Crippen LogP contribution in [0.1, 0.15) is 23.7 Å². The molecule has 0 saturated heterocycles. The normalized spacial score (nSPS) is 9.47. The highest BCUT2D eigenvalue weighted by molar-refractivity contribution is 5.96. The second-order valence-electron chi connectivity index (χ2n) is 3.31. The molecule has 0 unspecified atom stereocenters. The fourth-order valence-corrected chi connectivity index (χ4v) is 1.11. The third kappa shape index (κ3) is 3.94. The number of rotatable bonds is 5. The average Bonchev–Trinajstić information content (AvgIpc) is 2.25. The maximum atomic E-state index is 11.1. The van der Waals surface area contributed by atoms with Crippen molar-refractivity contribution in [3.8, 4) is 5.75 Å². The van der Waals surface area contributed by atoms with Gasteiger partial charge in [-0.15, -0.1) is 0 Å². The Labute approximate surface area is 97.2 Å². The van der Waals surface area contributed by atoms with Gasteiger partial charge in [-0.2, -0.15) is 5.48 Å². The van der Waals surface area contributed by atoms with Gasteiger partial charge in [0.05, 0.1) is 6.42 Å². The summed E-state index contributed by atoms with van der Waals surface area (Å²) in [6.07, 6.45) is -0.310. The molecule has 0 saturated carbocycles. The number of benzene rings is 1. The molecule has 6 nitrogen and oxygen atoms in total. The van der Waals surface area contributed by atoms with Crippen LogP contribution in [-0.2, 0) is 9.59 Å². The second-order valence-corrected chi connectivity index (χ2v) is 3.31. The highest BCUT2D eigenvalue weighted by atomic mass is 16.7. The number of para-hydroxylation sites is 1. The number of carbonyl (C=O) groups is 3. The second kappa shape index (κ2) is 5.64. The summed E-state index contributed by atoms with van der Waals surface area (Å²) in [6.45, 7) is 1.27. The lowest BCUT2D eigenvalue weighted by Gasteiger charge is -2.08. The van der Waals surface area contributed by atoms with Crippen LogP contribution in [0.25, 0.3) is 0 Å². The summed E-state index contributed by atoms with van der Waals surface area (Å²) < 4.78 is 0. The molecule has 17 heavy (non-hydrogen) atoms. The van der Waals surface area contributed by atoms with Crippen LogP contribution < -0.4 is 10.3 Å². The van der Waals surface area contributed by atoms with Gasteiger partial charge < -0.3 is 9.94 Å². The molecule has 1 rings (SSSR count). The van der Waals surface area contributed by atoms with Crippen molar-refractivity contribution < 1.29 is 24.3 Å². The Morgan fingerprint density at radius 3 is 2.53 bits per heavy atom. The molecule has 0 aromatic heterocycles. The summed E-state index contributed by atoms with van der Waals surface area (Å²) in [7, 11) is 0. The van der Waals surface area contributed by atoms with Gasteiger partial charge in [0.25, 0.3) is 5.91 Å². The first-order valence-electron chi connectivity index (χ1n) is 4.78. The van der Waals surface area contributed by atoms with E-state index in [1.54, 1.807) is 6.07 Å². The molecule has 1 amide bonds. The third-order valence-electron chi connectivity index (χ3n) is 1.80. The van der Waals surface area contributed by atoms with Gasteiger partial charge in [-0.05, 0) is 19.1 Å². The van der Waals surface area contributed by atoms with E-state index >= 15 is 0 Å². The quantitative estimate of drug-likeness (QED) is 0.583. The smallest absolute Gasteiger partial charge is 0.339 e. The van der Waals surface area contributed by atoms with Crippen molar-refractivity contribution >= 4 is 17.7 Å². The molecule has 2 N–H and O–H groups in total. The van der Waals surface area contributed by atoms with Crippen LogP contribution in [0.5, 0.6) is 5.75 Å². The molecule has 0 fully saturated rings. The van der Waals surface area contributed by atoms with Gasteiger partial charge in [0, 0.05) is 0 Å². The highest BCUT2D eigenvalue weighted by Crippen LogP contribution is 2.16. The molecule has 6 heteroatoms. The minimum atomic E-state index is -1.17. The maximum absolute atomic E-state index is 11.1. The van der Waals surface area contributed by atoms with Crippen molar-refractivity contribution in [2.45, 2.75) is 13.3 Å². The number of carboxylic acid groups (broad SMARTS) is 1. The molecule has 1 aromatic rings. The number of Topliss-reactive ketones (excluding diaryl/α,β-unsaturated/α-hetero) is 1. The lowest BCUT2D eigenvalue weighted by atomic mass is 10.2. The highest BCUT2D eigenvalue weighted by Gasteiger charge is 2.12. The molecule has 0 aliphatic heterocycles. The van der Waals surface area contributed by atoms with E-state index in [1.807, 2.05) is 5.48 Å². The number of hydrogen-bond donors (Lipinski definition) is 2. The van der Waals surface area contributed by atoms with Crippen molar-refractivity contribution in [3.63, 3.8) is 0 Å². The van der Waals surface area contributed by atoms with Gasteiger partial charge in [-0.3, -0.25) is 9.59 Å². The van der Waals surface area contributed by atoms with E-state index in [0.29, 0.717) is 0 Å². The molecule has 0 atom stereocenters. The number of ketones is 1. The van der Waals surface area contributed by atoms with Gasteiger partial charge in [-0.1, -0.05) is 12.1 Å². The van der Waals surface area contributed by atoms with Gasteiger partial charge in [0.2, 0.25) is 0 Å². The molecule has 0 bridgehead atoms. The molecule has 1 aromatic carbocycles. The van der Waals surface area contributed by atoms with Crippen LogP contribution in [0.2, 0.25) is 0 Å². The van der Waals surface area contributed by atoms with E-state index < -0.39 is 11.9 Å². The Morgan fingerprint density at radius 1 is 1.29 bits per heavy atom. The number of hydroxylamine groups is 1. The zero-order valence-electron chi connectivity index (χ0n) is 9.10. The molecule has 0 spiro atoms. The lowest BCUT2D eigenvalue weighted by Crippen LogP contribution is -2.29. The third-order valence-corrected chi connectivity index (χ3v) is 1.80. The Bertz CT molecular complexity index is 455. The van der Waals surface area contributed by atoms with Crippen LogP contribution in [-0.4, -0.2) is 22.8 Å². The van der Waals surface area contributed by atoms with Gasteiger partial charge in [0.1, 0.15) is 11.3 Å². The van der Waals surface area contributed by atoms with Crippen LogP contribution >= 0.6 is 0 Å². The van der Waals surface area contributed by atoms with Crippen LogP contribution in [0.3, 0.4) is 0 Å². The number of nitrogens with one attached hydrogen (secondary N) is 1. The van der Waals surface area contributed by atoms with E-state index in [1.165, 1.54) is 25.1 Å². The predicted octanol–water partition coefficient (Wildman–Crippen LogP) is 0.774. The van der Waals surface area contributed by atoms with Gasteiger partial charge >= 0.3 is 5.97 Å². The number of amides is 1. The lowest BCUT2D eigenvalue weighted by molar-refractivity contribution is -0.131. The van der Waals surface area contributed by atoms with E-state index in [-0.39, 0.29) is 23.5 Å². The monoisotopic (exact) mass is 237 g/mol. The fraction of sp³-hybridized carbons (Fsp3) is 0.182. The summed E-state index contributed by atoms with van der Waals surface area (Å²) >= 11 is 0. The number of carbonyl (C=O) groups excluding carboxylic acids is 2. The summed E-state index contributed by atoms with van der Waals surface area (Å²) in [5.41, 5.74) is 1.93. The fourth-order valence-electron chi connectivity index (χ4n) is 1.11. The minimum Gasteiger partial charge on any atom is -0.478 e. The Hall–Kier alpha value is -2.37. The predicted molar refractivity (Wildman–Crippen MR) is 57.5 cm³/mol. The summed E-state index contributed by atoms with van der Waals surface area (Å²) in [6, 6.07) is 5.85. The SMILES string of the molecule is CC(=O)CC(=O)NOc1ccccc1C(=O)O. The average molecular weight is 237 g/mol. The standard InChI is InChI=1S/C11H11NO5/c1-7(13)6-10(14)12-17-9-5-3-2-4-8(9)11(15)16/h2-5H,6H2,1H3,(H,12,14)(H,15,16). The number of hydrogen-bond acceptors (Lipinski definition) is 4. The minimum absolute atomic E-state index is 0.0110. The van der Waals surface area contributed by atoms with E-state index in [0.717, 1.165) is 0 Å². The first-order valence-corrected chi connectivity index (χ1v) is 4.78. The van der Waals surface area contributed by atoms with Crippen LogP contribution in [0.15, 0.2) is 24.3 Å². The Balaban J connectivity index is 2.66. The molecular weight excluding hydrogens is 226 g/mol. The molecule has 0 aliphatic rings. The first kappa shape index (κ1) is 12.7. The summed E-state index contributed by atoms with van der Waals surface area (Å²) in [4.78, 5) is 37.4. The van der Waals surface area contributed by atoms with E-state index in [4.69, 9.17) is 9.94 Å². The molecule has 0 radical (unpaired) electrons. The van der Waals surface area contributed by atoms with Crippen molar-refractivity contribution in [1.82, 2.24) is 5.48 Å². The van der Waals surface area contributed by atoms with Gasteiger partial charge in [0.15, 0.2) is 5.75 Å². The van der Waals surface area contributed by atoms with E-state index in [9.17, 15) is 14.4 Å². The zero-order chi connectivity index (χ0) is 12.8. The van der Waals surface area contributed by atoms with Crippen molar-refractivity contribution in [2.75, 3.05) is 0 Å². The Kier molecular flexibility index (Phi) is 4.21. The van der Waals surface area contributed by atoms with Crippen LogP contribution in [0.4, 0.5) is 0 Å². The molecule has 0 aliphatic carbocycles. The van der Waals surface area contributed by atoms with Crippen molar-refractivity contribution in [2.24, 2.45) is 0 Å². The van der Waals surface area contributed by atoms with E-state index in [2.05, 4.69) is 0 Å². The van der Waals surface area contributed by atoms with Gasteiger partial charge in [-0.25, -0.2) is 4.79 Å². The summed E-state index contributed by atoms with van der Waals surface area (Å²) in [5.74, 6) is -2.09. The van der Waals surface area contributed by atoms with Crippen molar-refractivity contribution in [3.05, 3.63) is 29.8 Å². The van der Waals surface area contributed by atoms with Crippen molar-refractivity contribution in [1.29, 1.82) is 0 Å². The largest absolute Gasteiger partial charge is 0.478 e. The first-order chi connectivity index (χ1) is 8.00. The maximum Gasteiger partial charge on any atom is 0.339 e. The number of carboxylic acids is 1. The van der Waals surface area contributed by atoms with Crippen LogP contribution in [0, 0.1) is 0 Å².